The van der Waals surface area contributed by atoms with Gasteiger partial charge in [0.25, 0.3) is 0 Å². The Hall–Kier alpha value is -0.540. The van der Waals surface area contributed by atoms with Gasteiger partial charge in [-0.2, -0.15) is 0 Å². The molecule has 0 aliphatic rings. The highest BCUT2D eigenvalue weighted by Gasteiger charge is 2.06. The molecule has 0 amide bonds. The van der Waals surface area contributed by atoms with Gasteiger partial charge in [-0.05, 0) is 43.5 Å². The van der Waals surface area contributed by atoms with Gasteiger partial charge in [0.05, 0.1) is 0 Å². The van der Waals surface area contributed by atoms with Gasteiger partial charge in [0.1, 0.15) is 5.75 Å². The average Bonchev–Trinajstić information content (AvgIpc) is 1.99. The second-order valence-electron chi connectivity index (χ2n) is 3.41. The second-order valence-corrected chi connectivity index (χ2v) is 4.27. The Morgan fingerprint density at radius 3 is 2.69 bits per heavy atom. The third-order valence-electron chi connectivity index (χ3n) is 1.90. The lowest BCUT2D eigenvalue weighted by Gasteiger charge is -2.09. The first-order valence-electron chi connectivity index (χ1n) is 4.24. The highest BCUT2D eigenvalue weighted by molar-refractivity contribution is 9.10. The summed E-state index contributed by atoms with van der Waals surface area (Å²) in [6.07, 6.45) is 0.699. The lowest BCUT2D eigenvalue weighted by molar-refractivity contribution is 0.465. The van der Waals surface area contributed by atoms with E-state index in [1.54, 1.807) is 6.07 Å². The molecule has 0 radical (unpaired) electrons. The lowest BCUT2D eigenvalue weighted by atomic mass is 10.0. The van der Waals surface area contributed by atoms with E-state index in [1.807, 2.05) is 19.9 Å². The van der Waals surface area contributed by atoms with Crippen LogP contribution in [-0.2, 0) is 6.42 Å². The number of phenolic OH excluding ortho intramolecular Hbond substituents is 1. The quantitative estimate of drug-likeness (QED) is 0.838. The molecule has 3 heteroatoms. The molecule has 2 nitrogen and oxygen atoms in total. The van der Waals surface area contributed by atoms with Crippen LogP contribution < -0.4 is 5.73 Å². The lowest BCUT2D eigenvalue weighted by Crippen LogP contribution is -2.17. The van der Waals surface area contributed by atoms with Crippen LogP contribution in [0.4, 0.5) is 0 Å². The maximum atomic E-state index is 9.59. The van der Waals surface area contributed by atoms with Crippen molar-refractivity contribution in [1.82, 2.24) is 0 Å². The van der Waals surface area contributed by atoms with Crippen molar-refractivity contribution in [1.29, 1.82) is 0 Å². The van der Waals surface area contributed by atoms with Gasteiger partial charge in [0.15, 0.2) is 0 Å². The van der Waals surface area contributed by atoms with Crippen LogP contribution >= 0.6 is 15.9 Å². The molecule has 72 valence electrons. The summed E-state index contributed by atoms with van der Waals surface area (Å²) < 4.78 is 1.01. The van der Waals surface area contributed by atoms with Gasteiger partial charge in [-0.3, -0.25) is 0 Å². The predicted molar refractivity (Wildman–Crippen MR) is 57.9 cm³/mol. The highest BCUT2D eigenvalue weighted by Crippen LogP contribution is 2.26. The van der Waals surface area contributed by atoms with Gasteiger partial charge < -0.3 is 10.8 Å². The molecule has 13 heavy (non-hydrogen) atoms. The molecule has 1 rings (SSSR count). The molecule has 1 atom stereocenters. The van der Waals surface area contributed by atoms with Crippen LogP contribution in [0.5, 0.6) is 5.75 Å². The molecular weight excluding hydrogens is 230 g/mol. The zero-order valence-corrected chi connectivity index (χ0v) is 9.43. The van der Waals surface area contributed by atoms with Crippen molar-refractivity contribution in [3.63, 3.8) is 0 Å². The number of aromatic hydroxyl groups is 1. The van der Waals surface area contributed by atoms with Gasteiger partial charge >= 0.3 is 0 Å². The molecule has 0 bridgehead atoms. The first-order chi connectivity index (χ1) is 6.00. The SMILES string of the molecule is Cc1cc(O)c(CC(C)N)cc1Br. The standard InChI is InChI=1S/C10H14BrNO/c1-6-3-10(13)8(4-7(2)12)5-9(6)11/h3,5,7,13H,4,12H2,1-2H3. The van der Waals surface area contributed by atoms with E-state index in [0.717, 1.165) is 15.6 Å². The van der Waals surface area contributed by atoms with Gasteiger partial charge in [0.2, 0.25) is 0 Å². The number of aryl methyl sites for hydroxylation is 1. The molecule has 1 aromatic carbocycles. The Morgan fingerprint density at radius 2 is 2.15 bits per heavy atom. The summed E-state index contributed by atoms with van der Waals surface area (Å²) in [5.74, 6) is 0.331. The summed E-state index contributed by atoms with van der Waals surface area (Å²) in [5.41, 5.74) is 7.58. The van der Waals surface area contributed by atoms with Crippen molar-refractivity contribution in [2.24, 2.45) is 5.73 Å². The molecule has 0 heterocycles. The van der Waals surface area contributed by atoms with Crippen LogP contribution in [0.15, 0.2) is 16.6 Å². The molecular formula is C10H14BrNO. The van der Waals surface area contributed by atoms with E-state index in [9.17, 15) is 5.11 Å². The Morgan fingerprint density at radius 1 is 1.54 bits per heavy atom. The fourth-order valence-corrected chi connectivity index (χ4v) is 1.61. The van der Waals surface area contributed by atoms with E-state index >= 15 is 0 Å². The van der Waals surface area contributed by atoms with Crippen LogP contribution in [0.1, 0.15) is 18.1 Å². The van der Waals surface area contributed by atoms with Crippen LogP contribution in [0.2, 0.25) is 0 Å². The Bertz CT molecular complexity index is 310. The van der Waals surface area contributed by atoms with Crippen molar-refractivity contribution in [2.75, 3.05) is 0 Å². The molecule has 0 aliphatic carbocycles. The fourth-order valence-electron chi connectivity index (χ4n) is 1.22. The van der Waals surface area contributed by atoms with Crippen LogP contribution in [0.25, 0.3) is 0 Å². The number of benzene rings is 1. The minimum absolute atomic E-state index is 0.0699. The van der Waals surface area contributed by atoms with Gasteiger partial charge in [-0.15, -0.1) is 0 Å². The van der Waals surface area contributed by atoms with Crippen LogP contribution in [0, 0.1) is 6.92 Å². The Kier molecular flexibility index (Phi) is 3.33. The first kappa shape index (κ1) is 10.5. The maximum Gasteiger partial charge on any atom is 0.119 e. The Balaban J connectivity index is 3.01. The van der Waals surface area contributed by atoms with Gasteiger partial charge in [-0.25, -0.2) is 0 Å². The Labute approximate surface area is 86.9 Å². The maximum absolute atomic E-state index is 9.59. The number of phenols is 1. The minimum Gasteiger partial charge on any atom is -0.508 e. The third-order valence-corrected chi connectivity index (χ3v) is 2.76. The first-order valence-corrected chi connectivity index (χ1v) is 5.03. The van der Waals surface area contributed by atoms with Gasteiger partial charge in [-0.1, -0.05) is 15.9 Å². The molecule has 0 aliphatic heterocycles. The number of hydrogen-bond donors (Lipinski definition) is 2. The van der Waals surface area contributed by atoms with E-state index in [2.05, 4.69) is 15.9 Å². The summed E-state index contributed by atoms with van der Waals surface area (Å²) in [5, 5.41) is 9.59. The number of hydrogen-bond acceptors (Lipinski definition) is 2. The molecule has 0 aromatic heterocycles. The molecule has 0 saturated heterocycles. The van der Waals surface area contributed by atoms with E-state index in [4.69, 9.17) is 5.73 Å². The average molecular weight is 244 g/mol. The summed E-state index contributed by atoms with van der Waals surface area (Å²) in [6, 6.07) is 3.75. The third kappa shape index (κ3) is 2.71. The van der Waals surface area contributed by atoms with Crippen molar-refractivity contribution in [2.45, 2.75) is 26.3 Å². The normalized spacial score (nSPS) is 12.9. The predicted octanol–water partition coefficient (Wildman–Crippen LogP) is 2.35. The number of nitrogens with two attached hydrogens (primary N) is 1. The fraction of sp³-hybridized carbons (Fsp3) is 0.400. The van der Waals surface area contributed by atoms with Crippen molar-refractivity contribution in [3.05, 3.63) is 27.7 Å². The summed E-state index contributed by atoms with van der Waals surface area (Å²) in [6.45, 7) is 3.87. The number of rotatable bonds is 2. The molecule has 1 unspecified atom stereocenters. The molecule has 0 spiro atoms. The zero-order chi connectivity index (χ0) is 10.0. The van der Waals surface area contributed by atoms with Crippen molar-refractivity contribution < 1.29 is 5.11 Å². The second kappa shape index (κ2) is 4.11. The molecule has 0 saturated carbocycles. The van der Waals surface area contributed by atoms with Crippen molar-refractivity contribution >= 4 is 15.9 Å². The van der Waals surface area contributed by atoms with Crippen LogP contribution in [-0.4, -0.2) is 11.1 Å². The zero-order valence-electron chi connectivity index (χ0n) is 7.84. The van der Waals surface area contributed by atoms with E-state index in [-0.39, 0.29) is 6.04 Å². The van der Waals surface area contributed by atoms with E-state index in [0.29, 0.717) is 12.2 Å². The topological polar surface area (TPSA) is 46.2 Å². The minimum atomic E-state index is 0.0699. The highest BCUT2D eigenvalue weighted by atomic mass is 79.9. The summed E-state index contributed by atoms with van der Waals surface area (Å²) in [7, 11) is 0. The molecule has 1 aromatic rings. The van der Waals surface area contributed by atoms with Gasteiger partial charge in [0, 0.05) is 10.5 Å². The number of halogens is 1. The smallest absolute Gasteiger partial charge is 0.119 e. The summed E-state index contributed by atoms with van der Waals surface area (Å²) in [4.78, 5) is 0. The summed E-state index contributed by atoms with van der Waals surface area (Å²) >= 11 is 3.42. The monoisotopic (exact) mass is 243 g/mol. The largest absolute Gasteiger partial charge is 0.508 e. The van der Waals surface area contributed by atoms with Crippen molar-refractivity contribution in [3.8, 4) is 5.75 Å². The molecule has 0 fully saturated rings. The molecule has 3 N–H and O–H groups in total. The van der Waals surface area contributed by atoms with E-state index < -0.39 is 0 Å². The van der Waals surface area contributed by atoms with Crippen LogP contribution in [0.3, 0.4) is 0 Å². The van der Waals surface area contributed by atoms with E-state index in [1.165, 1.54) is 0 Å².